The summed E-state index contributed by atoms with van der Waals surface area (Å²) in [6.45, 7) is 6.64. The minimum absolute atomic E-state index is 0.160. The maximum Gasteiger partial charge on any atom is 0.228 e. The van der Waals surface area contributed by atoms with Gasteiger partial charge in [-0.2, -0.15) is 0 Å². The first-order valence-corrected chi connectivity index (χ1v) is 7.58. The van der Waals surface area contributed by atoms with Crippen molar-refractivity contribution in [2.24, 2.45) is 5.41 Å². The number of aryl methyl sites for hydroxylation is 1. The normalized spacial score (nSPS) is 17.9. The summed E-state index contributed by atoms with van der Waals surface area (Å²) in [5.74, 6) is 1.20. The number of hydrogen-bond donors (Lipinski definition) is 1. The zero-order chi connectivity index (χ0) is 14.6. The van der Waals surface area contributed by atoms with Crippen molar-refractivity contribution in [1.29, 1.82) is 0 Å². The lowest BCUT2D eigenvalue weighted by molar-refractivity contribution is -0.143. The standard InChI is InChI=1S/C16H26N2O2/c1-4-6-16(7-9-17-10-8-16)15(19)18(3)12-14-5-11-20-13(14)2/h5,11,17H,4,6-10,12H2,1-3H3. The summed E-state index contributed by atoms with van der Waals surface area (Å²) < 4.78 is 5.32. The molecule has 4 nitrogen and oxygen atoms in total. The van der Waals surface area contributed by atoms with E-state index < -0.39 is 0 Å². The molecule has 1 aliphatic rings. The van der Waals surface area contributed by atoms with Gasteiger partial charge < -0.3 is 14.6 Å². The number of furan rings is 1. The first kappa shape index (κ1) is 15.1. The van der Waals surface area contributed by atoms with Crippen molar-refractivity contribution < 1.29 is 9.21 Å². The Bertz CT molecular complexity index is 442. The molecule has 0 radical (unpaired) electrons. The molecule has 112 valence electrons. The summed E-state index contributed by atoms with van der Waals surface area (Å²) in [7, 11) is 1.91. The molecule has 1 amide bonds. The van der Waals surface area contributed by atoms with Gasteiger partial charge in [-0.1, -0.05) is 13.3 Å². The highest BCUT2D eigenvalue weighted by molar-refractivity contribution is 5.82. The van der Waals surface area contributed by atoms with Crippen molar-refractivity contribution in [2.45, 2.75) is 46.1 Å². The van der Waals surface area contributed by atoms with Crippen molar-refractivity contribution in [3.8, 4) is 0 Å². The largest absolute Gasteiger partial charge is 0.469 e. The van der Waals surface area contributed by atoms with Gasteiger partial charge in [-0.25, -0.2) is 0 Å². The molecule has 0 spiro atoms. The molecule has 1 N–H and O–H groups in total. The Balaban J connectivity index is 2.08. The average Bonchev–Trinajstić information content (AvgIpc) is 2.85. The van der Waals surface area contributed by atoms with Gasteiger partial charge in [-0.15, -0.1) is 0 Å². The van der Waals surface area contributed by atoms with Crippen LogP contribution in [0.1, 0.15) is 43.9 Å². The van der Waals surface area contributed by atoms with E-state index in [0.717, 1.165) is 50.1 Å². The lowest BCUT2D eigenvalue weighted by Crippen LogP contribution is -2.48. The average molecular weight is 278 g/mol. The molecule has 1 fully saturated rings. The van der Waals surface area contributed by atoms with Crippen LogP contribution in [0.2, 0.25) is 0 Å². The number of amides is 1. The fourth-order valence-corrected chi connectivity index (χ4v) is 3.26. The van der Waals surface area contributed by atoms with Crippen LogP contribution in [0.15, 0.2) is 16.7 Å². The molecular weight excluding hydrogens is 252 g/mol. The highest BCUT2D eigenvalue weighted by atomic mass is 16.3. The molecular formula is C16H26N2O2. The van der Waals surface area contributed by atoms with Gasteiger partial charge in [0.25, 0.3) is 0 Å². The number of rotatable bonds is 5. The third-order valence-corrected chi connectivity index (χ3v) is 4.46. The number of nitrogens with one attached hydrogen (secondary N) is 1. The molecule has 0 aromatic carbocycles. The van der Waals surface area contributed by atoms with E-state index in [9.17, 15) is 4.79 Å². The molecule has 2 heterocycles. The summed E-state index contributed by atoms with van der Waals surface area (Å²) in [6.07, 6.45) is 5.64. The summed E-state index contributed by atoms with van der Waals surface area (Å²) in [5, 5.41) is 3.36. The number of carbonyl (C=O) groups excluding carboxylic acids is 1. The Kier molecular flexibility index (Phi) is 4.86. The van der Waals surface area contributed by atoms with Gasteiger partial charge >= 0.3 is 0 Å². The molecule has 1 saturated heterocycles. The maximum atomic E-state index is 12.9. The van der Waals surface area contributed by atoms with Crippen LogP contribution < -0.4 is 5.32 Å². The van der Waals surface area contributed by atoms with Crippen LogP contribution in [0.5, 0.6) is 0 Å². The third kappa shape index (κ3) is 3.06. The predicted molar refractivity (Wildman–Crippen MR) is 79.4 cm³/mol. The second-order valence-electron chi connectivity index (χ2n) is 5.94. The summed E-state index contributed by atoms with van der Waals surface area (Å²) in [4.78, 5) is 14.8. The molecule has 0 unspecified atom stereocenters. The van der Waals surface area contributed by atoms with Crippen LogP contribution in [-0.2, 0) is 11.3 Å². The quantitative estimate of drug-likeness (QED) is 0.900. The Morgan fingerprint density at radius 1 is 1.45 bits per heavy atom. The Labute approximate surface area is 121 Å². The van der Waals surface area contributed by atoms with Crippen molar-refractivity contribution in [1.82, 2.24) is 10.2 Å². The Hall–Kier alpha value is -1.29. The number of carbonyl (C=O) groups is 1. The monoisotopic (exact) mass is 278 g/mol. The lowest BCUT2D eigenvalue weighted by atomic mass is 9.74. The topological polar surface area (TPSA) is 45.5 Å². The van der Waals surface area contributed by atoms with Gasteiger partial charge in [-0.3, -0.25) is 4.79 Å². The molecule has 20 heavy (non-hydrogen) atoms. The minimum atomic E-state index is -0.160. The van der Waals surface area contributed by atoms with Gasteiger partial charge in [0.05, 0.1) is 11.7 Å². The minimum Gasteiger partial charge on any atom is -0.469 e. The van der Waals surface area contributed by atoms with Crippen molar-refractivity contribution in [2.75, 3.05) is 20.1 Å². The molecule has 1 aliphatic heterocycles. The third-order valence-electron chi connectivity index (χ3n) is 4.46. The van der Waals surface area contributed by atoms with Crippen LogP contribution in [-0.4, -0.2) is 30.9 Å². The zero-order valence-corrected chi connectivity index (χ0v) is 12.9. The summed E-state index contributed by atoms with van der Waals surface area (Å²) in [5.41, 5.74) is 0.938. The molecule has 2 rings (SSSR count). The first-order chi connectivity index (χ1) is 9.59. The second-order valence-corrected chi connectivity index (χ2v) is 5.94. The van der Waals surface area contributed by atoms with Crippen molar-refractivity contribution in [3.63, 3.8) is 0 Å². The molecule has 0 aliphatic carbocycles. The van der Waals surface area contributed by atoms with Crippen LogP contribution in [0.3, 0.4) is 0 Å². The van der Waals surface area contributed by atoms with Gasteiger partial charge in [0.2, 0.25) is 5.91 Å². The van der Waals surface area contributed by atoms with Crippen LogP contribution in [0, 0.1) is 12.3 Å². The number of hydrogen-bond acceptors (Lipinski definition) is 3. The molecule has 1 aromatic rings. The SMILES string of the molecule is CCCC1(C(=O)N(C)Cc2ccoc2C)CCNCC1. The molecule has 0 bridgehead atoms. The number of nitrogens with zero attached hydrogens (tertiary/aromatic N) is 1. The van der Waals surface area contributed by atoms with Gasteiger partial charge in [0.1, 0.15) is 5.76 Å². The molecule has 4 heteroatoms. The Morgan fingerprint density at radius 2 is 2.15 bits per heavy atom. The van der Waals surface area contributed by atoms with E-state index in [-0.39, 0.29) is 5.41 Å². The highest BCUT2D eigenvalue weighted by Crippen LogP contribution is 2.36. The van der Waals surface area contributed by atoms with Crippen molar-refractivity contribution in [3.05, 3.63) is 23.7 Å². The predicted octanol–water partition coefficient (Wildman–Crippen LogP) is 2.72. The Morgan fingerprint density at radius 3 is 2.70 bits per heavy atom. The summed E-state index contributed by atoms with van der Waals surface area (Å²) >= 11 is 0. The smallest absolute Gasteiger partial charge is 0.228 e. The van der Waals surface area contributed by atoms with E-state index in [2.05, 4.69) is 12.2 Å². The van der Waals surface area contributed by atoms with E-state index in [1.165, 1.54) is 0 Å². The molecule has 0 atom stereocenters. The van der Waals surface area contributed by atoms with E-state index in [1.807, 2.05) is 24.9 Å². The molecule has 0 saturated carbocycles. The zero-order valence-electron chi connectivity index (χ0n) is 12.9. The molecule has 1 aromatic heterocycles. The fraction of sp³-hybridized carbons (Fsp3) is 0.688. The van der Waals surface area contributed by atoms with E-state index in [0.29, 0.717) is 12.5 Å². The van der Waals surface area contributed by atoms with Gasteiger partial charge in [0, 0.05) is 19.2 Å². The lowest BCUT2D eigenvalue weighted by Gasteiger charge is -2.39. The first-order valence-electron chi connectivity index (χ1n) is 7.58. The van der Waals surface area contributed by atoms with Crippen LogP contribution in [0.25, 0.3) is 0 Å². The van der Waals surface area contributed by atoms with Crippen LogP contribution >= 0.6 is 0 Å². The van der Waals surface area contributed by atoms with E-state index in [4.69, 9.17) is 4.42 Å². The summed E-state index contributed by atoms with van der Waals surface area (Å²) in [6, 6.07) is 1.95. The van der Waals surface area contributed by atoms with Crippen LogP contribution in [0.4, 0.5) is 0 Å². The highest BCUT2D eigenvalue weighted by Gasteiger charge is 2.40. The van der Waals surface area contributed by atoms with E-state index in [1.54, 1.807) is 6.26 Å². The maximum absolute atomic E-state index is 12.9. The van der Waals surface area contributed by atoms with Gasteiger partial charge in [-0.05, 0) is 45.3 Å². The van der Waals surface area contributed by atoms with Gasteiger partial charge in [0.15, 0.2) is 0 Å². The fourth-order valence-electron chi connectivity index (χ4n) is 3.26. The van der Waals surface area contributed by atoms with E-state index >= 15 is 0 Å². The second kappa shape index (κ2) is 6.44. The number of piperidine rings is 1. The van der Waals surface area contributed by atoms with Crippen molar-refractivity contribution >= 4 is 5.91 Å².